The normalized spacial score (nSPS) is 13.5. The van der Waals surface area contributed by atoms with E-state index in [0.717, 1.165) is 5.56 Å². The molecule has 7 nitrogen and oxygen atoms in total. The first kappa shape index (κ1) is 20.1. The Bertz CT molecular complexity index is 735. The molecule has 0 bridgehead atoms. The highest BCUT2D eigenvalue weighted by molar-refractivity contribution is 7.89. The zero-order valence-electron chi connectivity index (χ0n) is 14.3. The van der Waals surface area contributed by atoms with Crippen LogP contribution in [0.3, 0.4) is 0 Å². The Hall–Kier alpha value is -1.93. The van der Waals surface area contributed by atoms with Gasteiger partial charge in [-0.1, -0.05) is 32.9 Å². The van der Waals surface area contributed by atoms with Gasteiger partial charge >= 0.3 is 0 Å². The van der Waals surface area contributed by atoms with Crippen molar-refractivity contribution in [2.75, 3.05) is 0 Å². The fraction of sp³-hybridized carbons (Fsp3) is 0.500. The Morgan fingerprint density at radius 3 is 2.33 bits per heavy atom. The van der Waals surface area contributed by atoms with Crippen molar-refractivity contribution in [2.24, 2.45) is 5.73 Å². The molecule has 0 saturated carbocycles. The number of hydrogen-bond donors (Lipinski definition) is 2. The van der Waals surface area contributed by atoms with E-state index in [9.17, 15) is 23.1 Å². The number of carboxylic acids is 1. The van der Waals surface area contributed by atoms with Gasteiger partial charge in [0.15, 0.2) is 0 Å². The van der Waals surface area contributed by atoms with E-state index in [-0.39, 0.29) is 23.2 Å². The number of hydrogen-bond acceptors (Lipinski definition) is 5. The summed E-state index contributed by atoms with van der Waals surface area (Å²) < 4.78 is 27.2. The van der Waals surface area contributed by atoms with E-state index in [4.69, 9.17) is 5.73 Å². The molecule has 1 rings (SSSR count). The highest BCUT2D eigenvalue weighted by Gasteiger charge is 2.25. The molecule has 0 unspecified atom stereocenters. The lowest BCUT2D eigenvalue weighted by Gasteiger charge is -2.23. The van der Waals surface area contributed by atoms with Gasteiger partial charge in [-0.3, -0.25) is 4.79 Å². The standard InChI is InChI=1S/C16H24N2O5S/c1-10-5-6-11(16(2,3)4)9-13(10)24(22,23)18-12(15(20)21)7-8-14(17)19/h5-6,9,12,18H,7-8H2,1-4H3,(H2,17,19)(H,20,21)/p-1/t12-/m1/s1. The van der Waals surface area contributed by atoms with E-state index >= 15 is 0 Å². The van der Waals surface area contributed by atoms with Crippen LogP contribution in [0.25, 0.3) is 0 Å². The Labute approximate surface area is 142 Å². The van der Waals surface area contributed by atoms with Gasteiger partial charge < -0.3 is 15.6 Å². The summed E-state index contributed by atoms with van der Waals surface area (Å²) in [5.41, 5.74) is 6.00. The molecular weight excluding hydrogens is 332 g/mol. The largest absolute Gasteiger partial charge is 0.548 e. The summed E-state index contributed by atoms with van der Waals surface area (Å²) >= 11 is 0. The predicted octanol–water partition coefficient (Wildman–Crippen LogP) is -0.0452. The molecule has 0 heterocycles. The van der Waals surface area contributed by atoms with E-state index in [2.05, 4.69) is 4.72 Å². The molecule has 0 fully saturated rings. The monoisotopic (exact) mass is 355 g/mol. The smallest absolute Gasteiger partial charge is 0.241 e. The number of nitrogens with two attached hydrogens (primary N) is 1. The number of rotatable bonds is 7. The first-order valence-electron chi connectivity index (χ1n) is 7.47. The van der Waals surface area contributed by atoms with Gasteiger partial charge in [-0.2, -0.15) is 0 Å². The molecule has 3 N–H and O–H groups in total. The summed E-state index contributed by atoms with van der Waals surface area (Å²) in [7, 11) is -4.09. The number of primary amides is 1. The number of amides is 1. The molecule has 0 aliphatic heterocycles. The number of aliphatic carboxylic acids is 1. The van der Waals surface area contributed by atoms with Crippen molar-refractivity contribution in [1.29, 1.82) is 0 Å². The first-order chi connectivity index (χ1) is 10.8. The fourth-order valence-corrected chi connectivity index (χ4v) is 3.61. The van der Waals surface area contributed by atoms with E-state index in [0.29, 0.717) is 5.56 Å². The zero-order chi connectivity index (χ0) is 18.7. The number of aryl methyl sites for hydroxylation is 1. The maximum absolute atomic E-state index is 12.6. The minimum absolute atomic E-state index is 0.000231. The second-order valence-corrected chi connectivity index (χ2v) is 8.41. The van der Waals surface area contributed by atoms with Gasteiger partial charge in [0.05, 0.1) is 16.9 Å². The summed E-state index contributed by atoms with van der Waals surface area (Å²) in [6, 6.07) is 3.50. The highest BCUT2D eigenvalue weighted by Crippen LogP contribution is 2.26. The van der Waals surface area contributed by atoms with Gasteiger partial charge in [0.1, 0.15) is 0 Å². The predicted molar refractivity (Wildman–Crippen MR) is 87.4 cm³/mol. The Balaban J connectivity index is 3.19. The Morgan fingerprint density at radius 2 is 1.88 bits per heavy atom. The number of carboxylic acid groups (broad SMARTS) is 1. The van der Waals surface area contributed by atoms with Crippen LogP contribution in [0.1, 0.15) is 44.7 Å². The molecule has 0 aliphatic carbocycles. The molecule has 8 heteroatoms. The maximum Gasteiger partial charge on any atom is 0.241 e. The molecule has 1 aromatic rings. The second kappa shape index (κ2) is 7.31. The Kier molecular flexibility index (Phi) is 6.13. The molecular formula is C16H23N2O5S-. The summed E-state index contributed by atoms with van der Waals surface area (Å²) in [5, 5.41) is 11.1. The maximum atomic E-state index is 12.6. The van der Waals surface area contributed by atoms with Crippen LogP contribution in [0.2, 0.25) is 0 Å². The zero-order valence-corrected chi connectivity index (χ0v) is 15.1. The van der Waals surface area contributed by atoms with Crippen molar-refractivity contribution >= 4 is 21.9 Å². The third kappa shape index (κ3) is 5.31. The SMILES string of the molecule is Cc1ccc(C(C)(C)C)cc1S(=O)(=O)N[C@H](CCC(N)=O)C(=O)[O-]. The topological polar surface area (TPSA) is 129 Å². The van der Waals surface area contributed by atoms with Crippen molar-refractivity contribution in [3.8, 4) is 0 Å². The molecule has 0 saturated heterocycles. The van der Waals surface area contributed by atoms with E-state index in [1.54, 1.807) is 13.0 Å². The number of benzene rings is 1. The van der Waals surface area contributed by atoms with Crippen LogP contribution in [0, 0.1) is 6.92 Å². The van der Waals surface area contributed by atoms with Crippen LogP contribution in [-0.4, -0.2) is 26.3 Å². The minimum atomic E-state index is -4.09. The van der Waals surface area contributed by atoms with Crippen molar-refractivity contribution in [1.82, 2.24) is 4.72 Å². The first-order valence-corrected chi connectivity index (χ1v) is 8.95. The summed E-state index contributed by atoms with van der Waals surface area (Å²) in [6.45, 7) is 7.45. The van der Waals surface area contributed by atoms with Crippen LogP contribution < -0.4 is 15.6 Å². The van der Waals surface area contributed by atoms with Crippen LogP contribution >= 0.6 is 0 Å². The summed E-state index contributed by atoms with van der Waals surface area (Å²) in [6.07, 6.45) is -0.531. The lowest BCUT2D eigenvalue weighted by atomic mass is 9.87. The number of nitrogens with one attached hydrogen (secondary N) is 1. The van der Waals surface area contributed by atoms with Gasteiger partial charge in [0.25, 0.3) is 0 Å². The fourth-order valence-electron chi connectivity index (χ4n) is 2.12. The average Bonchev–Trinajstić information content (AvgIpc) is 2.41. The van der Waals surface area contributed by atoms with E-state index in [1.165, 1.54) is 6.07 Å². The van der Waals surface area contributed by atoms with Crippen LogP contribution in [0.15, 0.2) is 23.1 Å². The molecule has 0 radical (unpaired) electrons. The number of carbonyl (C=O) groups is 2. The third-order valence-electron chi connectivity index (χ3n) is 3.61. The van der Waals surface area contributed by atoms with Crippen molar-refractivity contribution in [3.63, 3.8) is 0 Å². The lowest BCUT2D eigenvalue weighted by molar-refractivity contribution is -0.308. The van der Waals surface area contributed by atoms with Gasteiger partial charge in [0, 0.05) is 6.42 Å². The quantitative estimate of drug-likeness (QED) is 0.708. The molecule has 0 spiro atoms. The summed E-state index contributed by atoms with van der Waals surface area (Å²) in [4.78, 5) is 21.9. The van der Waals surface area contributed by atoms with Gasteiger partial charge in [-0.15, -0.1) is 0 Å². The van der Waals surface area contributed by atoms with E-state index in [1.807, 2.05) is 26.8 Å². The molecule has 24 heavy (non-hydrogen) atoms. The Morgan fingerprint density at radius 1 is 1.29 bits per heavy atom. The van der Waals surface area contributed by atoms with Crippen molar-refractivity contribution in [3.05, 3.63) is 29.3 Å². The molecule has 134 valence electrons. The molecule has 1 aromatic carbocycles. The second-order valence-electron chi connectivity index (χ2n) is 6.73. The minimum Gasteiger partial charge on any atom is -0.548 e. The van der Waals surface area contributed by atoms with Crippen molar-refractivity contribution < 1.29 is 23.1 Å². The molecule has 1 amide bonds. The molecule has 1 atom stereocenters. The van der Waals surface area contributed by atoms with Gasteiger partial charge in [0.2, 0.25) is 15.9 Å². The van der Waals surface area contributed by atoms with Crippen LogP contribution in [0.5, 0.6) is 0 Å². The summed E-state index contributed by atoms with van der Waals surface area (Å²) in [5.74, 6) is -2.32. The molecule has 0 aliphatic rings. The molecule has 0 aromatic heterocycles. The van der Waals surface area contributed by atoms with Crippen molar-refractivity contribution in [2.45, 2.75) is 56.9 Å². The number of carbonyl (C=O) groups excluding carboxylic acids is 2. The van der Waals surface area contributed by atoms with E-state index < -0.39 is 27.9 Å². The average molecular weight is 355 g/mol. The van der Waals surface area contributed by atoms with Crippen LogP contribution in [-0.2, 0) is 25.0 Å². The van der Waals surface area contributed by atoms with Crippen LogP contribution in [0.4, 0.5) is 0 Å². The highest BCUT2D eigenvalue weighted by atomic mass is 32.2. The third-order valence-corrected chi connectivity index (χ3v) is 5.22. The van der Waals surface area contributed by atoms with Gasteiger partial charge in [-0.05, 0) is 36.0 Å². The van der Waals surface area contributed by atoms with Gasteiger partial charge in [-0.25, -0.2) is 13.1 Å². The lowest BCUT2D eigenvalue weighted by Crippen LogP contribution is -2.48. The number of sulfonamides is 1.